The predicted molar refractivity (Wildman–Crippen MR) is 309 cm³/mol. The van der Waals surface area contributed by atoms with Gasteiger partial charge < -0.3 is 40.5 Å². The minimum absolute atomic E-state index is 0.00530. The minimum Gasteiger partial charge on any atom is -0.444 e. The number of nitrogen functional groups attached to an aromatic ring is 1. The zero-order valence-corrected chi connectivity index (χ0v) is 49.3. The number of hydroxylamine groups is 2. The largest absolute Gasteiger partial charge is 0.444 e. The van der Waals surface area contributed by atoms with E-state index in [2.05, 4.69) is 30.6 Å². The number of anilines is 2. The van der Waals surface area contributed by atoms with Gasteiger partial charge in [0, 0.05) is 19.6 Å². The number of carbonyl (C=O) groups excluding carboxylic acids is 3. The van der Waals surface area contributed by atoms with E-state index in [0.29, 0.717) is 53.4 Å². The number of nitrogens with two attached hydrogens (primary N) is 1. The minimum atomic E-state index is -4.72. The summed E-state index contributed by atoms with van der Waals surface area (Å²) in [6.07, 6.45) is -0.945. The Balaban J connectivity index is 1.20. The number of rotatable bonds is 22. The highest BCUT2D eigenvalue weighted by Gasteiger charge is 2.45. The molecule has 2 aliphatic carbocycles. The summed E-state index contributed by atoms with van der Waals surface area (Å²) in [6.45, 7) is 9.17. The average molecular weight is 1170 g/mol. The lowest BCUT2D eigenvalue weighted by atomic mass is 9.94. The smallest absolute Gasteiger partial charge is 0.411 e. The average Bonchev–Trinajstić information content (AvgIpc) is 3.80. The summed E-state index contributed by atoms with van der Waals surface area (Å²) < 4.78 is 74.4. The highest BCUT2D eigenvalue weighted by atomic mass is 32.2. The first-order chi connectivity index (χ1) is 38.7. The Labute approximate surface area is 479 Å². The number of aromatic nitrogens is 4. The van der Waals surface area contributed by atoms with Gasteiger partial charge in [-0.15, -0.1) is 0 Å². The van der Waals surface area contributed by atoms with Crippen LogP contribution in [0, 0.1) is 0 Å². The Bertz CT molecular complexity index is 3380. The van der Waals surface area contributed by atoms with Crippen LogP contribution in [0.4, 0.5) is 26.3 Å². The van der Waals surface area contributed by atoms with Crippen LogP contribution in [0.15, 0.2) is 107 Å². The molecule has 0 spiro atoms. The molecule has 7 N–H and O–H groups in total. The second-order valence-corrected chi connectivity index (χ2v) is 26.8. The molecule has 2 saturated carbocycles. The molecule has 23 nitrogen and oxygen atoms in total. The molecule has 8 rings (SSSR count). The molecule has 2 heterocycles. The van der Waals surface area contributed by atoms with Gasteiger partial charge in [-0.25, -0.2) is 41.2 Å². The number of nitrogens with zero attached hydrogens (tertiary/aromatic N) is 6. The van der Waals surface area contributed by atoms with Crippen LogP contribution in [-0.2, 0) is 52.0 Å². The number of carbonyl (C=O) groups is 3. The van der Waals surface area contributed by atoms with Gasteiger partial charge in [0.25, 0.3) is 20.0 Å². The van der Waals surface area contributed by atoms with Gasteiger partial charge in [0.1, 0.15) is 11.7 Å². The number of aliphatic hydroxyl groups is 1. The number of imidazole rings is 2. The normalized spacial score (nSPS) is 16.3. The number of nitrogens with one attached hydrogen (secondary N) is 4. The quantitative estimate of drug-likeness (QED) is 0.0349. The summed E-state index contributed by atoms with van der Waals surface area (Å²) >= 11 is 0. The van der Waals surface area contributed by atoms with Gasteiger partial charge in [0.15, 0.2) is 5.95 Å². The monoisotopic (exact) mass is 1170 g/mol. The maximum absolute atomic E-state index is 15.4. The van der Waals surface area contributed by atoms with Crippen molar-refractivity contribution in [2.45, 2.75) is 163 Å². The molecule has 0 saturated heterocycles. The van der Waals surface area contributed by atoms with Crippen molar-refractivity contribution in [2.24, 2.45) is 0 Å². The molecule has 25 heteroatoms. The van der Waals surface area contributed by atoms with E-state index in [-0.39, 0.29) is 40.0 Å². The van der Waals surface area contributed by atoms with Crippen LogP contribution < -0.4 is 16.4 Å². The molecule has 0 aliphatic heterocycles. The Kier molecular flexibility index (Phi) is 19.2. The molecule has 2 aromatic heterocycles. The first-order valence-electron chi connectivity index (χ1n) is 27.6. The third kappa shape index (κ3) is 15.6. The molecule has 82 heavy (non-hydrogen) atoms. The van der Waals surface area contributed by atoms with Gasteiger partial charge in [0.05, 0.1) is 75.3 Å². The lowest BCUT2D eigenvalue weighted by Gasteiger charge is -2.45. The summed E-state index contributed by atoms with van der Waals surface area (Å²) in [6, 6.07) is 23.6. The summed E-state index contributed by atoms with van der Waals surface area (Å²) in [5.74, 6) is 0.176. The van der Waals surface area contributed by atoms with Crippen molar-refractivity contribution >= 4 is 72.2 Å². The first kappa shape index (κ1) is 61.2. The van der Waals surface area contributed by atoms with Crippen LogP contribution in [0.25, 0.3) is 22.1 Å². The van der Waals surface area contributed by atoms with Gasteiger partial charge in [-0.3, -0.25) is 19.9 Å². The number of aromatic amines is 2. The number of benzene rings is 4. The van der Waals surface area contributed by atoms with Crippen LogP contribution in [-0.4, -0.2) is 154 Å². The Morgan fingerprint density at radius 1 is 0.707 bits per heavy atom. The summed E-state index contributed by atoms with van der Waals surface area (Å²) in [7, 11) is -6.11. The fourth-order valence-corrected chi connectivity index (χ4v) is 12.8. The molecule has 4 atom stereocenters. The molecule has 4 amide bonds. The van der Waals surface area contributed by atoms with E-state index in [0.717, 1.165) is 34.6 Å². The van der Waals surface area contributed by atoms with Crippen LogP contribution in [0.2, 0.25) is 0 Å². The highest BCUT2D eigenvalue weighted by molar-refractivity contribution is 7.89. The maximum Gasteiger partial charge on any atom is 0.411 e. The Hall–Kier alpha value is -6.87. The van der Waals surface area contributed by atoms with E-state index in [1.54, 1.807) is 86.0 Å². The number of amides is 4. The SMILES string of the molecule is CN(C)C(=O)Nc1nc2cc(S(=O)(=O)N(CC(OC(=O)N[C@@H](Cc3ccccc3)[C@@H](O)CN(OC3CCCC3)S(=O)(=O)c3ccc4[nH]c(N)nc4c3)C(Cc3ccccc3)N(C(=O)OC(C)(C)C)C(C)(C)C)OC3CCCC3)ccc2[nH]1. The number of sulfonamides is 2. The standard InChI is InChI=1S/C57H77N11O12S2/c1-56(2,3)68(55(72)78-57(4,5)6)48(32-38-21-13-10-14-22-38)50(36-67(80-40-25-17-18-26-40)82(75,76)42-28-30-44-46(34-42)62-52(61-44)64-53(70)65(7)8)77-54(71)63-47(31-37-19-11-9-12-20-37)49(69)35-66(79-39-23-15-16-24-39)81(73,74)41-27-29-43-45(33-41)60-51(58)59-43/h9-14,19-22,27-30,33-34,39-40,47-50,69H,15-18,23-26,31-32,35-36H2,1-8H3,(H,63,71)(H3,58,59,60)(H2,61,62,64,70)/t47-,48?,49-,50?/m0/s1. The zero-order chi connectivity index (χ0) is 59.1. The topological polar surface area (TPSA) is 297 Å². The maximum atomic E-state index is 15.4. The second-order valence-electron chi connectivity index (χ2n) is 23.1. The predicted octanol–water partition coefficient (Wildman–Crippen LogP) is 8.26. The molecule has 2 fully saturated rings. The van der Waals surface area contributed by atoms with Gasteiger partial charge in [-0.1, -0.05) is 95.3 Å². The molecular weight excluding hydrogens is 1090 g/mol. The summed E-state index contributed by atoms with van der Waals surface area (Å²) in [5, 5.41) is 17.9. The van der Waals surface area contributed by atoms with Gasteiger partial charge in [-0.05, 0) is 128 Å². The fraction of sp³-hybridized carbons (Fsp3) is 0.491. The molecule has 2 unspecified atom stereocenters. The van der Waals surface area contributed by atoms with E-state index in [9.17, 15) is 23.1 Å². The van der Waals surface area contributed by atoms with E-state index in [1.807, 2.05) is 30.3 Å². The lowest BCUT2D eigenvalue weighted by molar-refractivity contribution is -0.151. The van der Waals surface area contributed by atoms with Crippen LogP contribution in [0.3, 0.4) is 0 Å². The molecule has 6 aromatic rings. The van der Waals surface area contributed by atoms with E-state index >= 15 is 13.2 Å². The Morgan fingerprint density at radius 3 is 1.72 bits per heavy atom. The second kappa shape index (κ2) is 25.7. The van der Waals surface area contributed by atoms with Gasteiger partial charge in [-0.2, -0.15) is 0 Å². The number of H-pyrrole nitrogens is 2. The molecule has 0 radical (unpaired) electrons. The summed E-state index contributed by atoms with van der Waals surface area (Å²) in [5.41, 5.74) is 6.62. The van der Waals surface area contributed by atoms with Crippen molar-refractivity contribution < 1.29 is 55.5 Å². The van der Waals surface area contributed by atoms with Crippen molar-refractivity contribution in [1.29, 1.82) is 0 Å². The first-order valence-corrected chi connectivity index (χ1v) is 30.5. The van der Waals surface area contributed by atoms with E-state index in [4.69, 9.17) is 24.9 Å². The fourth-order valence-electron chi connectivity index (χ4n) is 10.1. The van der Waals surface area contributed by atoms with Crippen molar-refractivity contribution in [3.63, 3.8) is 0 Å². The molecule has 444 valence electrons. The van der Waals surface area contributed by atoms with Crippen molar-refractivity contribution in [1.82, 2.24) is 44.0 Å². The third-order valence-electron chi connectivity index (χ3n) is 14.2. The number of alkyl carbamates (subject to hydrolysis) is 1. The van der Waals surface area contributed by atoms with Crippen molar-refractivity contribution in [3.8, 4) is 0 Å². The molecule has 0 bridgehead atoms. The number of aliphatic hydroxyl groups excluding tert-OH is 1. The third-order valence-corrected chi connectivity index (χ3v) is 17.4. The van der Waals surface area contributed by atoms with Gasteiger partial charge in [0.2, 0.25) is 5.95 Å². The van der Waals surface area contributed by atoms with Crippen molar-refractivity contribution in [2.75, 3.05) is 38.2 Å². The molecule has 4 aromatic carbocycles. The number of fused-ring (bicyclic) bond motifs is 2. The molecular formula is C57H77N11O12S2. The van der Waals surface area contributed by atoms with Crippen molar-refractivity contribution in [3.05, 3.63) is 108 Å². The lowest BCUT2D eigenvalue weighted by Crippen LogP contribution is -2.61. The summed E-state index contributed by atoms with van der Waals surface area (Å²) in [4.78, 5) is 72.2. The van der Waals surface area contributed by atoms with Gasteiger partial charge >= 0.3 is 18.2 Å². The zero-order valence-electron chi connectivity index (χ0n) is 47.7. The number of ether oxygens (including phenoxy) is 2. The molecule has 2 aliphatic rings. The number of hydrogen-bond acceptors (Lipinski definition) is 15. The highest BCUT2D eigenvalue weighted by Crippen LogP contribution is 2.33. The number of urea groups is 1. The van der Waals surface area contributed by atoms with E-state index < -0.39 is 99.0 Å². The Morgan fingerprint density at radius 2 is 1.21 bits per heavy atom. The van der Waals surface area contributed by atoms with Crippen LogP contribution in [0.5, 0.6) is 0 Å². The van der Waals surface area contributed by atoms with E-state index in [1.165, 1.54) is 46.2 Å². The van der Waals surface area contributed by atoms with Crippen LogP contribution in [0.1, 0.15) is 104 Å². The van der Waals surface area contributed by atoms with Crippen LogP contribution >= 0.6 is 0 Å². The number of hydrogen-bond donors (Lipinski definition) is 6.